The Morgan fingerprint density at radius 1 is 0.316 bits per heavy atom. The minimum atomic E-state index is 0.719. The van der Waals surface area contributed by atoms with Gasteiger partial charge in [-0.2, -0.15) is 0 Å². The van der Waals surface area contributed by atoms with Crippen molar-refractivity contribution in [2.45, 2.75) is 0 Å². The zero-order valence-corrected chi connectivity index (χ0v) is 31.6. The molecule has 0 unspecified atom stereocenters. The van der Waals surface area contributed by atoms with Crippen LogP contribution < -0.4 is 0 Å². The second kappa shape index (κ2) is 13.8. The van der Waals surface area contributed by atoms with Gasteiger partial charge < -0.3 is 0 Å². The first-order valence-electron chi connectivity index (χ1n) is 19.2. The first-order chi connectivity index (χ1) is 28.2. The van der Waals surface area contributed by atoms with Crippen molar-refractivity contribution in [3.8, 4) is 67.4 Å². The van der Waals surface area contributed by atoms with Crippen molar-refractivity contribution < 1.29 is 0 Å². The van der Waals surface area contributed by atoms with Crippen LogP contribution in [0, 0.1) is 0 Å². The monoisotopic (exact) mass is 743 g/mol. The molecule has 11 aromatic rings. The highest BCUT2D eigenvalue weighted by Gasteiger charge is 2.17. The molecule has 0 saturated heterocycles. The summed E-state index contributed by atoms with van der Waals surface area (Å²) >= 11 is 1.88. The Morgan fingerprint density at radius 3 is 1.49 bits per heavy atom. The third-order valence-corrected chi connectivity index (χ3v) is 12.1. The van der Waals surface area contributed by atoms with Gasteiger partial charge in [-0.3, -0.25) is 0 Å². The van der Waals surface area contributed by atoms with Crippen LogP contribution in [-0.2, 0) is 0 Å². The van der Waals surface area contributed by atoms with E-state index >= 15 is 0 Å². The van der Waals surface area contributed by atoms with Crippen molar-refractivity contribution in [3.63, 3.8) is 0 Å². The average Bonchev–Trinajstić information content (AvgIpc) is 3.68. The maximum absolute atomic E-state index is 5.16. The van der Waals surface area contributed by atoms with E-state index in [-0.39, 0.29) is 0 Å². The van der Waals surface area contributed by atoms with Crippen LogP contribution in [0.3, 0.4) is 0 Å². The predicted octanol–water partition coefficient (Wildman–Crippen LogP) is 14.5. The number of rotatable bonds is 6. The second-order valence-corrected chi connectivity index (χ2v) is 15.4. The summed E-state index contributed by atoms with van der Waals surface area (Å²) in [6, 6.07) is 70.8. The number of hydrogen-bond acceptors (Lipinski definition) is 4. The molecule has 3 aromatic heterocycles. The molecule has 8 aromatic carbocycles. The zero-order chi connectivity index (χ0) is 37.7. The van der Waals surface area contributed by atoms with E-state index in [1.54, 1.807) is 0 Å². The van der Waals surface area contributed by atoms with Gasteiger partial charge in [0.05, 0.1) is 22.6 Å². The third-order valence-electron chi connectivity index (χ3n) is 10.9. The quantitative estimate of drug-likeness (QED) is 0.159. The van der Waals surface area contributed by atoms with Crippen LogP contribution in [0.1, 0.15) is 0 Å². The molecule has 0 spiro atoms. The maximum Gasteiger partial charge on any atom is 0.160 e. The number of para-hydroxylation sites is 1. The topological polar surface area (TPSA) is 38.7 Å². The molecular weight excluding hydrogens is 711 g/mol. The van der Waals surface area contributed by atoms with Crippen molar-refractivity contribution in [2.24, 2.45) is 0 Å². The largest absolute Gasteiger partial charge is 0.247 e. The van der Waals surface area contributed by atoms with Crippen LogP contribution in [-0.4, -0.2) is 15.0 Å². The number of nitrogens with zero attached hydrogens (tertiary/aromatic N) is 3. The molecule has 0 N–H and O–H groups in total. The van der Waals surface area contributed by atoms with E-state index in [0.717, 1.165) is 56.2 Å². The summed E-state index contributed by atoms with van der Waals surface area (Å²) in [7, 11) is 0. The molecule has 3 nitrogen and oxygen atoms in total. The van der Waals surface area contributed by atoms with Crippen LogP contribution in [0.4, 0.5) is 0 Å². The summed E-state index contributed by atoms with van der Waals surface area (Å²) in [5, 5.41) is 6.23. The highest BCUT2D eigenvalue weighted by atomic mass is 32.1. The Morgan fingerprint density at radius 2 is 0.825 bits per heavy atom. The Bertz CT molecular complexity index is 3190. The van der Waals surface area contributed by atoms with E-state index in [1.807, 2.05) is 47.7 Å². The number of fused-ring (bicyclic) bond motifs is 7. The van der Waals surface area contributed by atoms with Gasteiger partial charge in [0.15, 0.2) is 5.82 Å². The highest BCUT2D eigenvalue weighted by molar-refractivity contribution is 7.26. The standard InChI is InChI=1S/C53H33N3S/c1-4-12-37(13-5-1)47-33-48(56-53(55-47)40-16-8-3-9-17-40)38-26-24-35(25-27-38)34-20-22-36(23-21-34)41-28-31-49-45(32-41)42-29-30-44-50(52(42)57-49)43-18-10-11-19-46(43)54-51(44)39-14-6-2-7-15-39/h1-33H. The smallest absolute Gasteiger partial charge is 0.160 e. The van der Waals surface area contributed by atoms with Crippen LogP contribution in [0.25, 0.3) is 109 Å². The molecule has 0 fully saturated rings. The van der Waals surface area contributed by atoms with Crippen LogP contribution >= 0.6 is 11.3 Å². The van der Waals surface area contributed by atoms with Crippen LogP contribution in [0.5, 0.6) is 0 Å². The molecule has 0 atom stereocenters. The number of benzene rings is 8. The lowest BCUT2D eigenvalue weighted by Gasteiger charge is -2.11. The fourth-order valence-electron chi connectivity index (χ4n) is 8.02. The predicted molar refractivity (Wildman–Crippen MR) is 240 cm³/mol. The SMILES string of the molecule is c1ccc(-c2cc(-c3ccc(-c4ccc(-c5ccc6sc7c(ccc8c(-c9ccccc9)nc9ccccc9c87)c6c5)cc4)cc3)nc(-c3ccccc3)n2)cc1. The van der Waals surface area contributed by atoms with Crippen molar-refractivity contribution in [1.29, 1.82) is 0 Å². The Kier molecular flexibility index (Phi) is 8.01. The summed E-state index contributed by atoms with van der Waals surface area (Å²) in [4.78, 5) is 15.1. The van der Waals surface area contributed by atoms with Gasteiger partial charge in [0, 0.05) is 58.6 Å². The van der Waals surface area contributed by atoms with E-state index in [2.05, 4.69) is 164 Å². The molecule has 57 heavy (non-hydrogen) atoms. The van der Waals surface area contributed by atoms with Crippen molar-refractivity contribution >= 4 is 53.2 Å². The van der Waals surface area contributed by atoms with Crippen molar-refractivity contribution in [1.82, 2.24) is 15.0 Å². The lowest BCUT2D eigenvalue weighted by Crippen LogP contribution is -1.95. The molecule has 0 aliphatic rings. The highest BCUT2D eigenvalue weighted by Crippen LogP contribution is 2.44. The van der Waals surface area contributed by atoms with Gasteiger partial charge in [-0.25, -0.2) is 15.0 Å². The molecule has 4 heteroatoms. The minimum Gasteiger partial charge on any atom is -0.247 e. The molecular formula is C53H33N3S. The molecule has 0 aliphatic carbocycles. The van der Waals surface area contributed by atoms with E-state index in [4.69, 9.17) is 15.0 Å². The molecule has 0 bridgehead atoms. The normalized spacial score (nSPS) is 11.5. The summed E-state index contributed by atoms with van der Waals surface area (Å²) in [5.74, 6) is 0.719. The molecule has 11 rings (SSSR count). The molecule has 0 amide bonds. The van der Waals surface area contributed by atoms with E-state index in [0.29, 0.717) is 0 Å². The third kappa shape index (κ3) is 5.95. The summed E-state index contributed by atoms with van der Waals surface area (Å²) in [6.07, 6.45) is 0. The van der Waals surface area contributed by atoms with Crippen molar-refractivity contribution in [3.05, 3.63) is 200 Å². The first kappa shape index (κ1) is 33.1. The molecule has 3 heterocycles. The Labute approximate surface area is 334 Å². The van der Waals surface area contributed by atoms with Gasteiger partial charge in [0.1, 0.15) is 0 Å². The molecule has 0 radical (unpaired) electrons. The number of hydrogen-bond donors (Lipinski definition) is 0. The number of aromatic nitrogens is 3. The summed E-state index contributed by atoms with van der Waals surface area (Å²) in [5.41, 5.74) is 12.8. The fourth-order valence-corrected chi connectivity index (χ4v) is 9.27. The Balaban J connectivity index is 0.930. The number of pyridine rings is 1. The zero-order valence-electron chi connectivity index (χ0n) is 30.8. The van der Waals surface area contributed by atoms with Gasteiger partial charge in [-0.15, -0.1) is 11.3 Å². The molecule has 266 valence electrons. The van der Waals surface area contributed by atoms with Gasteiger partial charge >= 0.3 is 0 Å². The van der Waals surface area contributed by atoms with E-state index in [1.165, 1.54) is 53.0 Å². The molecule has 0 saturated carbocycles. The van der Waals surface area contributed by atoms with E-state index < -0.39 is 0 Å². The number of thiophene rings is 1. The van der Waals surface area contributed by atoms with Gasteiger partial charge in [0.2, 0.25) is 0 Å². The van der Waals surface area contributed by atoms with Gasteiger partial charge in [-0.1, -0.05) is 176 Å². The van der Waals surface area contributed by atoms with Crippen LogP contribution in [0.15, 0.2) is 200 Å². The summed E-state index contributed by atoms with van der Waals surface area (Å²) < 4.78 is 2.60. The minimum absolute atomic E-state index is 0.719. The maximum atomic E-state index is 5.16. The lowest BCUT2D eigenvalue weighted by atomic mass is 9.96. The summed E-state index contributed by atoms with van der Waals surface area (Å²) in [6.45, 7) is 0. The first-order valence-corrected chi connectivity index (χ1v) is 20.0. The molecule has 0 aliphatic heterocycles. The lowest BCUT2D eigenvalue weighted by molar-refractivity contribution is 1.18. The van der Waals surface area contributed by atoms with Gasteiger partial charge in [-0.05, 0) is 46.5 Å². The average molecular weight is 744 g/mol. The second-order valence-electron chi connectivity index (χ2n) is 14.4. The van der Waals surface area contributed by atoms with Crippen LogP contribution in [0.2, 0.25) is 0 Å². The van der Waals surface area contributed by atoms with Gasteiger partial charge in [0.25, 0.3) is 0 Å². The van der Waals surface area contributed by atoms with E-state index in [9.17, 15) is 0 Å². The fraction of sp³-hybridized carbons (Fsp3) is 0. The van der Waals surface area contributed by atoms with Crippen molar-refractivity contribution in [2.75, 3.05) is 0 Å². The Hall–Kier alpha value is -7.27.